The monoisotopic (exact) mass is 374 g/mol. The lowest BCUT2D eigenvalue weighted by Gasteiger charge is -2.16. The van der Waals surface area contributed by atoms with Gasteiger partial charge in [-0.1, -0.05) is 25.1 Å². The Morgan fingerprint density at radius 1 is 1.19 bits per heavy atom. The number of sulfonamides is 1. The summed E-state index contributed by atoms with van der Waals surface area (Å²) < 4.78 is 30.4. The smallest absolute Gasteiger partial charge is 0.255 e. The average Bonchev–Trinajstić information content (AvgIpc) is 2.82. The van der Waals surface area contributed by atoms with Gasteiger partial charge >= 0.3 is 0 Å². The van der Waals surface area contributed by atoms with Gasteiger partial charge in [-0.25, -0.2) is 12.7 Å². The molecule has 1 heterocycles. The molecule has 1 aliphatic rings. The highest BCUT2D eigenvalue weighted by Crippen LogP contribution is 2.29. The standard InChI is InChI=1S/C18H18N2O5S/c1-12-11-26(23,24)20(18(12)22)14-7-5-6-13(10-14)17(21)19-15-8-3-4-9-16(15)25-2/h3-10,12H,11H2,1-2H3,(H,19,21)/t12-/m0/s1. The molecule has 26 heavy (non-hydrogen) atoms. The van der Waals surface area contributed by atoms with E-state index < -0.39 is 27.8 Å². The van der Waals surface area contributed by atoms with Crippen LogP contribution in [-0.2, 0) is 14.8 Å². The van der Waals surface area contributed by atoms with Gasteiger partial charge in [0.1, 0.15) is 5.75 Å². The Hall–Kier alpha value is -2.87. The first-order valence-corrected chi connectivity index (χ1v) is 9.55. The highest BCUT2D eigenvalue weighted by Gasteiger charge is 2.42. The summed E-state index contributed by atoms with van der Waals surface area (Å²) in [5.74, 6) is -1.27. The van der Waals surface area contributed by atoms with Crippen molar-refractivity contribution in [3.63, 3.8) is 0 Å². The molecule has 0 radical (unpaired) electrons. The van der Waals surface area contributed by atoms with E-state index in [2.05, 4.69) is 5.32 Å². The minimum atomic E-state index is -3.72. The van der Waals surface area contributed by atoms with Gasteiger partial charge in [-0.3, -0.25) is 9.59 Å². The number of hydrogen-bond donors (Lipinski definition) is 1. The Labute approximate surface area is 151 Å². The summed E-state index contributed by atoms with van der Waals surface area (Å²) in [5.41, 5.74) is 0.881. The Kier molecular flexibility index (Phi) is 4.69. The molecule has 1 fully saturated rings. The number of carbonyl (C=O) groups is 2. The molecule has 1 aliphatic heterocycles. The summed E-state index contributed by atoms with van der Waals surface area (Å²) in [6, 6.07) is 12.9. The number of nitrogens with zero attached hydrogens (tertiary/aromatic N) is 1. The van der Waals surface area contributed by atoms with Gasteiger partial charge in [0.15, 0.2) is 0 Å². The van der Waals surface area contributed by atoms with Gasteiger partial charge in [0.2, 0.25) is 15.9 Å². The second-order valence-corrected chi connectivity index (χ2v) is 7.85. The number of para-hydroxylation sites is 2. The van der Waals surface area contributed by atoms with Crippen molar-refractivity contribution in [2.24, 2.45) is 5.92 Å². The van der Waals surface area contributed by atoms with E-state index in [9.17, 15) is 18.0 Å². The SMILES string of the molecule is COc1ccccc1NC(=O)c1cccc(N2C(=O)[C@@H](C)CS2(=O)=O)c1. The third kappa shape index (κ3) is 3.28. The van der Waals surface area contributed by atoms with E-state index in [1.165, 1.54) is 25.3 Å². The first kappa shape index (κ1) is 17.9. The van der Waals surface area contributed by atoms with Crippen molar-refractivity contribution >= 4 is 33.2 Å². The molecule has 136 valence electrons. The number of methoxy groups -OCH3 is 1. The summed E-state index contributed by atoms with van der Waals surface area (Å²) in [4.78, 5) is 24.7. The number of anilines is 2. The van der Waals surface area contributed by atoms with Crippen LogP contribution in [0.1, 0.15) is 17.3 Å². The predicted molar refractivity (Wildman–Crippen MR) is 97.8 cm³/mol. The van der Waals surface area contributed by atoms with E-state index in [0.29, 0.717) is 11.4 Å². The fraction of sp³-hybridized carbons (Fsp3) is 0.222. The Balaban J connectivity index is 1.90. The fourth-order valence-corrected chi connectivity index (χ4v) is 4.62. The second kappa shape index (κ2) is 6.80. The summed E-state index contributed by atoms with van der Waals surface area (Å²) in [5, 5.41) is 2.72. The molecule has 0 spiro atoms. The highest BCUT2D eigenvalue weighted by molar-refractivity contribution is 7.94. The van der Waals surface area contributed by atoms with Gasteiger partial charge in [-0.2, -0.15) is 0 Å². The summed E-state index contributed by atoms with van der Waals surface area (Å²) in [7, 11) is -2.22. The van der Waals surface area contributed by atoms with Crippen LogP contribution >= 0.6 is 0 Å². The zero-order valence-corrected chi connectivity index (χ0v) is 15.1. The molecule has 0 aromatic heterocycles. The number of benzene rings is 2. The Morgan fingerprint density at radius 2 is 1.92 bits per heavy atom. The molecule has 1 saturated heterocycles. The maximum absolute atomic E-state index is 12.5. The third-order valence-electron chi connectivity index (χ3n) is 4.06. The van der Waals surface area contributed by atoms with Crippen molar-refractivity contribution in [1.29, 1.82) is 0 Å². The molecule has 7 nitrogen and oxygen atoms in total. The van der Waals surface area contributed by atoms with Gasteiger partial charge in [0.25, 0.3) is 5.91 Å². The molecule has 2 aromatic rings. The number of nitrogens with one attached hydrogen (secondary N) is 1. The van der Waals surface area contributed by atoms with Crippen molar-refractivity contribution in [3.05, 3.63) is 54.1 Å². The molecule has 3 rings (SSSR count). The number of hydrogen-bond acceptors (Lipinski definition) is 5. The van der Waals surface area contributed by atoms with Crippen LogP contribution in [0.25, 0.3) is 0 Å². The lowest BCUT2D eigenvalue weighted by Crippen LogP contribution is -2.30. The quantitative estimate of drug-likeness (QED) is 0.886. The molecule has 2 amide bonds. The highest BCUT2D eigenvalue weighted by atomic mass is 32.2. The van der Waals surface area contributed by atoms with E-state index >= 15 is 0 Å². The van der Waals surface area contributed by atoms with Crippen LogP contribution in [0, 0.1) is 5.92 Å². The first-order valence-electron chi connectivity index (χ1n) is 7.95. The molecule has 0 bridgehead atoms. The summed E-state index contributed by atoms with van der Waals surface area (Å²) in [6.07, 6.45) is 0. The normalized spacial score (nSPS) is 18.6. The second-order valence-electron chi connectivity index (χ2n) is 5.99. The molecule has 2 aromatic carbocycles. The summed E-state index contributed by atoms with van der Waals surface area (Å²) in [6.45, 7) is 1.57. The van der Waals surface area contributed by atoms with Gasteiger partial charge in [0, 0.05) is 5.56 Å². The van der Waals surface area contributed by atoms with Crippen LogP contribution in [0.4, 0.5) is 11.4 Å². The lowest BCUT2D eigenvalue weighted by atomic mass is 10.1. The number of rotatable bonds is 4. The molecule has 0 unspecified atom stereocenters. The molecule has 1 N–H and O–H groups in total. The molecular weight excluding hydrogens is 356 g/mol. The van der Waals surface area contributed by atoms with Crippen molar-refractivity contribution in [2.75, 3.05) is 22.5 Å². The first-order chi connectivity index (χ1) is 12.3. The van der Waals surface area contributed by atoms with Gasteiger partial charge in [-0.15, -0.1) is 0 Å². The Bertz CT molecular complexity index is 971. The molecule has 0 saturated carbocycles. The van der Waals surface area contributed by atoms with Gasteiger partial charge in [0.05, 0.1) is 30.2 Å². The maximum atomic E-state index is 12.5. The van der Waals surface area contributed by atoms with Gasteiger partial charge in [-0.05, 0) is 30.3 Å². The zero-order chi connectivity index (χ0) is 18.9. The molecular formula is C18H18N2O5S. The topological polar surface area (TPSA) is 92.8 Å². The van der Waals surface area contributed by atoms with E-state index in [4.69, 9.17) is 4.74 Å². The third-order valence-corrected chi connectivity index (χ3v) is 5.93. The zero-order valence-electron chi connectivity index (χ0n) is 14.3. The number of amides is 2. The van der Waals surface area contributed by atoms with Crippen LogP contribution < -0.4 is 14.4 Å². The van der Waals surface area contributed by atoms with E-state index in [-0.39, 0.29) is 17.0 Å². The van der Waals surface area contributed by atoms with Crippen molar-refractivity contribution in [1.82, 2.24) is 0 Å². The van der Waals surface area contributed by atoms with E-state index in [1.807, 2.05) is 0 Å². The minimum Gasteiger partial charge on any atom is -0.495 e. The predicted octanol–water partition coefficient (Wildman–Crippen LogP) is 2.26. The lowest BCUT2D eigenvalue weighted by molar-refractivity contribution is -0.119. The van der Waals surface area contributed by atoms with Crippen LogP contribution in [0.5, 0.6) is 5.75 Å². The van der Waals surface area contributed by atoms with Crippen molar-refractivity contribution < 1.29 is 22.7 Å². The van der Waals surface area contributed by atoms with Crippen LogP contribution in [0.15, 0.2) is 48.5 Å². The Morgan fingerprint density at radius 3 is 2.58 bits per heavy atom. The van der Waals surface area contributed by atoms with Crippen molar-refractivity contribution in [2.45, 2.75) is 6.92 Å². The minimum absolute atomic E-state index is 0.159. The van der Waals surface area contributed by atoms with E-state index in [0.717, 1.165) is 4.31 Å². The fourth-order valence-electron chi connectivity index (χ4n) is 2.80. The van der Waals surface area contributed by atoms with Crippen LogP contribution in [0.3, 0.4) is 0 Å². The molecule has 8 heteroatoms. The molecule has 1 atom stereocenters. The maximum Gasteiger partial charge on any atom is 0.255 e. The number of carbonyl (C=O) groups excluding carboxylic acids is 2. The number of ether oxygens (including phenoxy) is 1. The largest absolute Gasteiger partial charge is 0.495 e. The van der Waals surface area contributed by atoms with Crippen LogP contribution in [-0.4, -0.2) is 33.1 Å². The summed E-state index contributed by atoms with van der Waals surface area (Å²) >= 11 is 0. The van der Waals surface area contributed by atoms with Gasteiger partial charge < -0.3 is 10.1 Å². The molecule has 0 aliphatic carbocycles. The average molecular weight is 374 g/mol. The van der Waals surface area contributed by atoms with Crippen LogP contribution in [0.2, 0.25) is 0 Å². The van der Waals surface area contributed by atoms with Crippen molar-refractivity contribution in [3.8, 4) is 5.75 Å². The van der Waals surface area contributed by atoms with E-state index in [1.54, 1.807) is 37.3 Å².